The highest BCUT2D eigenvalue weighted by Gasteiger charge is 2.28. The summed E-state index contributed by atoms with van der Waals surface area (Å²) < 4.78 is 5.17. The zero-order valence-corrected chi connectivity index (χ0v) is 24.9. The molecule has 0 radical (unpaired) electrons. The Morgan fingerprint density at radius 1 is 0.951 bits per heavy atom. The van der Waals surface area contributed by atoms with Crippen molar-refractivity contribution in [2.24, 2.45) is 5.92 Å². The molecule has 0 unspecified atom stereocenters. The molecule has 1 saturated heterocycles. The largest absolute Gasteiger partial charge is 0.466 e. The molecule has 1 aromatic heterocycles. The number of hydrogen-bond donors (Lipinski definition) is 0. The van der Waals surface area contributed by atoms with Crippen molar-refractivity contribution >= 4 is 29.5 Å². The molecule has 7 nitrogen and oxygen atoms in total. The van der Waals surface area contributed by atoms with Gasteiger partial charge in [-0.3, -0.25) is 9.59 Å². The predicted octanol–water partition coefficient (Wildman–Crippen LogP) is 6.62. The maximum absolute atomic E-state index is 13.3. The summed E-state index contributed by atoms with van der Waals surface area (Å²) in [4.78, 5) is 39.4. The molecule has 2 aromatic carbocycles. The SMILES string of the molecule is CCOC(=O)C1CCN(C(=O)c2cccc(CSc3nc(-c4ccccc4)cc(N(C)C4CCCCC4)n3)c2)CC1. The molecular formula is C33H40N4O3S. The molecule has 1 aliphatic carbocycles. The van der Waals surface area contributed by atoms with Gasteiger partial charge in [-0.05, 0) is 50.3 Å². The van der Waals surface area contributed by atoms with Crippen molar-refractivity contribution in [1.29, 1.82) is 0 Å². The van der Waals surface area contributed by atoms with Crippen molar-refractivity contribution in [2.45, 2.75) is 68.8 Å². The van der Waals surface area contributed by atoms with Crippen molar-refractivity contribution in [3.05, 3.63) is 71.8 Å². The van der Waals surface area contributed by atoms with Gasteiger partial charge in [0.1, 0.15) is 5.82 Å². The first-order valence-electron chi connectivity index (χ1n) is 14.9. The second-order valence-electron chi connectivity index (χ2n) is 11.0. The van der Waals surface area contributed by atoms with E-state index in [9.17, 15) is 9.59 Å². The number of hydrogen-bond acceptors (Lipinski definition) is 7. The Hall–Kier alpha value is -3.39. The van der Waals surface area contributed by atoms with Gasteiger partial charge < -0.3 is 14.5 Å². The van der Waals surface area contributed by atoms with Gasteiger partial charge in [0.05, 0.1) is 18.2 Å². The molecule has 0 bridgehead atoms. The van der Waals surface area contributed by atoms with Crippen LogP contribution in [0.25, 0.3) is 11.3 Å². The average molecular weight is 573 g/mol. The Kier molecular flexibility index (Phi) is 9.93. The van der Waals surface area contributed by atoms with Crippen LogP contribution >= 0.6 is 11.8 Å². The van der Waals surface area contributed by atoms with Crippen LogP contribution in [-0.4, -0.2) is 59.5 Å². The number of aromatic nitrogens is 2. The van der Waals surface area contributed by atoms with Gasteiger partial charge in [-0.25, -0.2) is 9.97 Å². The van der Waals surface area contributed by atoms with Gasteiger partial charge in [-0.15, -0.1) is 0 Å². The van der Waals surface area contributed by atoms with E-state index < -0.39 is 0 Å². The summed E-state index contributed by atoms with van der Waals surface area (Å²) in [6.45, 7) is 3.35. The lowest BCUT2D eigenvalue weighted by atomic mass is 9.94. The zero-order chi connectivity index (χ0) is 28.6. The summed E-state index contributed by atoms with van der Waals surface area (Å²) >= 11 is 1.60. The monoisotopic (exact) mass is 572 g/mol. The van der Waals surface area contributed by atoms with E-state index in [4.69, 9.17) is 14.7 Å². The highest BCUT2D eigenvalue weighted by atomic mass is 32.2. The number of piperidine rings is 1. The topological polar surface area (TPSA) is 75.6 Å². The maximum atomic E-state index is 13.3. The molecule has 8 heteroatoms. The summed E-state index contributed by atoms with van der Waals surface area (Å²) in [5.74, 6) is 1.37. The van der Waals surface area contributed by atoms with E-state index in [1.807, 2.05) is 54.3 Å². The summed E-state index contributed by atoms with van der Waals surface area (Å²) in [5.41, 5.74) is 3.73. The number of amides is 1. The lowest BCUT2D eigenvalue weighted by Gasteiger charge is -2.32. The van der Waals surface area contributed by atoms with Gasteiger partial charge in [0.2, 0.25) is 0 Å². The van der Waals surface area contributed by atoms with Crippen LogP contribution in [0.5, 0.6) is 0 Å². The van der Waals surface area contributed by atoms with Crippen LogP contribution in [0.4, 0.5) is 5.82 Å². The Morgan fingerprint density at radius 3 is 2.44 bits per heavy atom. The third kappa shape index (κ3) is 7.47. The number of nitrogens with zero attached hydrogens (tertiary/aromatic N) is 4. The summed E-state index contributed by atoms with van der Waals surface area (Å²) in [5, 5.41) is 0.738. The average Bonchev–Trinajstić information content (AvgIpc) is 3.04. The molecule has 1 aliphatic heterocycles. The lowest BCUT2D eigenvalue weighted by molar-refractivity contribution is -0.149. The summed E-state index contributed by atoms with van der Waals surface area (Å²) in [6.07, 6.45) is 7.55. The molecule has 1 amide bonds. The number of thioether (sulfide) groups is 1. The fraction of sp³-hybridized carbons (Fsp3) is 0.455. The van der Waals surface area contributed by atoms with Crippen LogP contribution in [-0.2, 0) is 15.3 Å². The molecule has 2 fully saturated rings. The van der Waals surface area contributed by atoms with E-state index >= 15 is 0 Å². The second kappa shape index (κ2) is 14.0. The van der Waals surface area contributed by atoms with Crippen LogP contribution in [0, 0.1) is 5.92 Å². The van der Waals surface area contributed by atoms with E-state index in [0.29, 0.717) is 49.9 Å². The van der Waals surface area contributed by atoms with E-state index in [0.717, 1.165) is 27.8 Å². The first-order chi connectivity index (χ1) is 20.0. The molecule has 0 atom stereocenters. The first kappa shape index (κ1) is 29.1. The van der Waals surface area contributed by atoms with Crippen molar-refractivity contribution in [3.63, 3.8) is 0 Å². The second-order valence-corrected chi connectivity index (χ2v) is 11.9. The molecule has 5 rings (SSSR count). The Bertz CT molecular complexity index is 1320. The Morgan fingerprint density at radius 2 is 1.71 bits per heavy atom. The quantitative estimate of drug-likeness (QED) is 0.162. The Labute approximate surface area is 247 Å². The number of esters is 1. The number of ether oxygens (including phenoxy) is 1. The summed E-state index contributed by atoms with van der Waals surface area (Å²) in [6, 6.07) is 20.7. The third-order valence-corrected chi connectivity index (χ3v) is 9.11. The van der Waals surface area contributed by atoms with E-state index in [1.54, 1.807) is 11.8 Å². The van der Waals surface area contributed by atoms with Crippen molar-refractivity contribution in [1.82, 2.24) is 14.9 Å². The lowest BCUT2D eigenvalue weighted by Crippen LogP contribution is -2.40. The van der Waals surface area contributed by atoms with Crippen LogP contribution in [0.3, 0.4) is 0 Å². The number of rotatable bonds is 9. The van der Waals surface area contributed by atoms with Gasteiger partial charge in [0, 0.05) is 49.1 Å². The van der Waals surface area contributed by atoms with Crippen LogP contribution in [0.2, 0.25) is 0 Å². The molecule has 41 heavy (non-hydrogen) atoms. The Balaban J connectivity index is 1.28. The molecule has 0 spiro atoms. The number of anilines is 1. The number of benzene rings is 2. The normalized spacial score (nSPS) is 16.4. The number of carbonyl (C=O) groups is 2. The first-order valence-corrected chi connectivity index (χ1v) is 15.9. The van der Waals surface area contributed by atoms with Gasteiger partial charge in [0.25, 0.3) is 5.91 Å². The maximum Gasteiger partial charge on any atom is 0.309 e. The highest BCUT2D eigenvalue weighted by molar-refractivity contribution is 7.98. The van der Waals surface area contributed by atoms with Gasteiger partial charge in [-0.1, -0.05) is 73.5 Å². The molecular weight excluding hydrogens is 532 g/mol. The van der Waals surface area contributed by atoms with Crippen LogP contribution < -0.4 is 4.90 Å². The highest BCUT2D eigenvalue weighted by Crippen LogP contribution is 2.31. The minimum Gasteiger partial charge on any atom is -0.466 e. The minimum absolute atomic E-state index is 0.0119. The zero-order valence-electron chi connectivity index (χ0n) is 24.1. The third-order valence-electron chi connectivity index (χ3n) is 8.19. The fourth-order valence-corrected chi connectivity index (χ4v) is 6.57. The molecule has 216 valence electrons. The van der Waals surface area contributed by atoms with Crippen molar-refractivity contribution < 1.29 is 14.3 Å². The van der Waals surface area contributed by atoms with Crippen LogP contribution in [0.15, 0.2) is 65.8 Å². The smallest absolute Gasteiger partial charge is 0.309 e. The molecule has 0 N–H and O–H groups in total. The van der Waals surface area contributed by atoms with Crippen LogP contribution in [0.1, 0.15) is 67.8 Å². The molecule has 2 heterocycles. The fourth-order valence-electron chi connectivity index (χ4n) is 5.77. The van der Waals surface area contributed by atoms with Gasteiger partial charge >= 0.3 is 5.97 Å². The van der Waals surface area contributed by atoms with E-state index in [1.165, 1.54) is 32.1 Å². The standard InChI is InChI=1S/C33H40N4O3S/c1-3-40-32(39)26-17-19-37(20-18-26)31(38)27-14-10-11-24(21-27)23-41-33-34-29(25-12-6-4-7-13-25)22-30(35-33)36(2)28-15-8-5-9-16-28/h4,6-7,10-14,21-22,26,28H,3,5,8-9,15-20,23H2,1-2H3. The van der Waals surface area contributed by atoms with Crippen molar-refractivity contribution in [3.8, 4) is 11.3 Å². The minimum atomic E-state index is -0.148. The number of likely N-dealkylation sites (tertiary alicyclic amines) is 1. The van der Waals surface area contributed by atoms with Gasteiger partial charge in [0.15, 0.2) is 5.16 Å². The number of carbonyl (C=O) groups excluding carboxylic acids is 2. The molecule has 3 aromatic rings. The summed E-state index contributed by atoms with van der Waals surface area (Å²) in [7, 11) is 2.16. The predicted molar refractivity (Wildman–Crippen MR) is 164 cm³/mol. The van der Waals surface area contributed by atoms with Crippen molar-refractivity contribution in [2.75, 3.05) is 31.6 Å². The molecule has 2 aliphatic rings. The van der Waals surface area contributed by atoms with E-state index in [2.05, 4.69) is 30.1 Å². The van der Waals surface area contributed by atoms with E-state index in [-0.39, 0.29) is 17.8 Å². The van der Waals surface area contributed by atoms with Gasteiger partial charge in [-0.2, -0.15) is 0 Å². The molecule has 1 saturated carbocycles.